The van der Waals surface area contributed by atoms with Crippen molar-refractivity contribution >= 4 is 23.2 Å². The first kappa shape index (κ1) is 17.0. The third-order valence-electron chi connectivity index (χ3n) is 3.26. The summed E-state index contributed by atoms with van der Waals surface area (Å²) in [6, 6.07) is 11.6. The fourth-order valence-corrected chi connectivity index (χ4v) is 2.26. The summed E-state index contributed by atoms with van der Waals surface area (Å²) < 4.78 is 37.9. The first-order chi connectivity index (χ1) is 11.8. The van der Waals surface area contributed by atoms with E-state index < -0.39 is 17.6 Å². The van der Waals surface area contributed by atoms with Gasteiger partial charge in [-0.15, -0.1) is 5.10 Å². The molecule has 0 saturated carbocycles. The molecular weight excluding hydrogens is 357 g/mol. The number of hydrogen-bond acceptors (Lipinski definition) is 3. The highest BCUT2D eigenvalue weighted by atomic mass is 35.5. The molecule has 0 fully saturated rings. The highest BCUT2D eigenvalue weighted by molar-refractivity contribution is 6.34. The van der Waals surface area contributed by atoms with Crippen LogP contribution in [0, 0.1) is 0 Å². The summed E-state index contributed by atoms with van der Waals surface area (Å²) in [7, 11) is 0. The molecule has 0 atom stereocenters. The van der Waals surface area contributed by atoms with E-state index in [1.54, 1.807) is 24.3 Å². The zero-order valence-electron chi connectivity index (χ0n) is 12.5. The topological polar surface area (TPSA) is 59.8 Å². The van der Waals surface area contributed by atoms with Gasteiger partial charge >= 0.3 is 6.18 Å². The standard InChI is InChI=1S/C16H10ClF3N4O/c17-12-8-10(16(18,19)20)6-7-13(12)22-15(25)14-9-21-24(23-14)11-4-2-1-3-5-11/h1-9H,(H,22,25). The van der Waals surface area contributed by atoms with E-state index >= 15 is 0 Å². The normalized spacial score (nSPS) is 11.4. The number of carbonyl (C=O) groups excluding carboxylic acids is 1. The number of nitrogens with one attached hydrogen (secondary N) is 1. The zero-order valence-corrected chi connectivity index (χ0v) is 13.2. The van der Waals surface area contributed by atoms with Gasteiger partial charge in [0.15, 0.2) is 5.69 Å². The average Bonchev–Trinajstić information content (AvgIpc) is 3.07. The smallest absolute Gasteiger partial charge is 0.319 e. The molecule has 0 aliphatic carbocycles. The van der Waals surface area contributed by atoms with Crippen molar-refractivity contribution in [3.05, 3.63) is 71.0 Å². The molecule has 0 unspecified atom stereocenters. The van der Waals surface area contributed by atoms with Crippen LogP contribution in [0.1, 0.15) is 16.1 Å². The Morgan fingerprint density at radius 3 is 2.48 bits per heavy atom. The second kappa shape index (κ2) is 6.56. The Bertz CT molecular complexity index is 909. The number of amides is 1. The van der Waals surface area contributed by atoms with Gasteiger partial charge in [0.25, 0.3) is 5.91 Å². The number of alkyl halides is 3. The van der Waals surface area contributed by atoms with E-state index in [1.165, 1.54) is 11.0 Å². The van der Waals surface area contributed by atoms with Gasteiger partial charge in [-0.1, -0.05) is 29.8 Å². The van der Waals surface area contributed by atoms with Crippen molar-refractivity contribution in [3.63, 3.8) is 0 Å². The van der Waals surface area contributed by atoms with Crippen molar-refractivity contribution in [2.75, 3.05) is 5.32 Å². The number of para-hydroxylation sites is 1. The van der Waals surface area contributed by atoms with Crippen LogP contribution in [0.2, 0.25) is 5.02 Å². The number of halogens is 4. The molecule has 2 aromatic carbocycles. The molecule has 1 N–H and O–H groups in total. The van der Waals surface area contributed by atoms with Crippen molar-refractivity contribution in [2.45, 2.75) is 6.18 Å². The minimum atomic E-state index is -4.51. The van der Waals surface area contributed by atoms with Gasteiger partial charge in [-0.2, -0.15) is 23.1 Å². The lowest BCUT2D eigenvalue weighted by Gasteiger charge is -2.10. The van der Waals surface area contributed by atoms with Crippen molar-refractivity contribution in [3.8, 4) is 5.69 Å². The molecule has 1 aromatic heterocycles. The van der Waals surface area contributed by atoms with Gasteiger partial charge in [0.05, 0.1) is 28.2 Å². The lowest BCUT2D eigenvalue weighted by Crippen LogP contribution is -2.14. The van der Waals surface area contributed by atoms with E-state index in [-0.39, 0.29) is 16.4 Å². The van der Waals surface area contributed by atoms with Gasteiger partial charge in [-0.25, -0.2) is 0 Å². The fraction of sp³-hybridized carbons (Fsp3) is 0.0625. The molecule has 0 spiro atoms. The lowest BCUT2D eigenvalue weighted by atomic mass is 10.2. The monoisotopic (exact) mass is 366 g/mol. The minimum Gasteiger partial charge on any atom is -0.319 e. The first-order valence-electron chi connectivity index (χ1n) is 7.00. The minimum absolute atomic E-state index is 0.000169. The Balaban J connectivity index is 1.78. The van der Waals surface area contributed by atoms with E-state index in [1.807, 2.05) is 6.07 Å². The molecule has 9 heteroatoms. The molecule has 3 rings (SSSR count). The Hall–Kier alpha value is -2.87. The van der Waals surface area contributed by atoms with E-state index in [9.17, 15) is 18.0 Å². The van der Waals surface area contributed by atoms with E-state index in [0.717, 1.165) is 18.2 Å². The van der Waals surface area contributed by atoms with Crippen LogP contribution in [-0.4, -0.2) is 20.9 Å². The number of hydrogen-bond donors (Lipinski definition) is 1. The zero-order chi connectivity index (χ0) is 18.0. The Morgan fingerprint density at radius 1 is 1.12 bits per heavy atom. The predicted molar refractivity (Wildman–Crippen MR) is 85.8 cm³/mol. The summed E-state index contributed by atoms with van der Waals surface area (Å²) in [5.74, 6) is -0.635. The van der Waals surface area contributed by atoms with Gasteiger partial charge < -0.3 is 5.32 Å². The highest BCUT2D eigenvalue weighted by Gasteiger charge is 2.31. The maximum Gasteiger partial charge on any atom is 0.416 e. The van der Waals surface area contributed by atoms with Gasteiger partial charge in [0, 0.05) is 0 Å². The summed E-state index contributed by atoms with van der Waals surface area (Å²) in [5, 5.41) is 10.2. The summed E-state index contributed by atoms with van der Waals surface area (Å²) in [6.07, 6.45) is -3.26. The number of rotatable bonds is 3. The maximum atomic E-state index is 12.6. The summed E-state index contributed by atoms with van der Waals surface area (Å²) in [4.78, 5) is 13.5. The number of benzene rings is 2. The molecule has 128 valence electrons. The average molecular weight is 367 g/mol. The summed E-state index contributed by atoms with van der Waals surface area (Å²) in [6.45, 7) is 0. The molecule has 3 aromatic rings. The van der Waals surface area contributed by atoms with E-state index in [0.29, 0.717) is 5.69 Å². The molecule has 1 heterocycles. The van der Waals surface area contributed by atoms with E-state index in [2.05, 4.69) is 15.5 Å². The van der Waals surface area contributed by atoms with Crippen molar-refractivity contribution in [1.82, 2.24) is 15.0 Å². The van der Waals surface area contributed by atoms with Crippen LogP contribution in [0.3, 0.4) is 0 Å². The molecular formula is C16H10ClF3N4O. The molecule has 0 aliphatic heterocycles. The summed E-state index contributed by atoms with van der Waals surface area (Å²) in [5.41, 5.74) is -0.187. The van der Waals surface area contributed by atoms with Gasteiger partial charge in [0.1, 0.15) is 0 Å². The second-order valence-corrected chi connectivity index (χ2v) is 5.41. The number of nitrogens with zero attached hydrogens (tertiary/aromatic N) is 3. The first-order valence-corrected chi connectivity index (χ1v) is 7.38. The Morgan fingerprint density at radius 2 is 1.84 bits per heavy atom. The molecule has 5 nitrogen and oxygen atoms in total. The van der Waals surface area contributed by atoms with Crippen LogP contribution in [-0.2, 0) is 6.18 Å². The molecule has 0 bridgehead atoms. The van der Waals surface area contributed by atoms with Gasteiger partial charge in [0.2, 0.25) is 0 Å². The van der Waals surface area contributed by atoms with Crippen LogP contribution < -0.4 is 5.32 Å². The number of carbonyl (C=O) groups is 1. The Labute approximate surface area is 145 Å². The van der Waals surface area contributed by atoms with E-state index in [4.69, 9.17) is 11.6 Å². The fourth-order valence-electron chi connectivity index (χ4n) is 2.03. The summed E-state index contributed by atoms with van der Waals surface area (Å²) >= 11 is 5.81. The van der Waals surface area contributed by atoms with Gasteiger partial charge in [-0.3, -0.25) is 4.79 Å². The van der Waals surface area contributed by atoms with Crippen LogP contribution in [0.25, 0.3) is 5.69 Å². The molecule has 25 heavy (non-hydrogen) atoms. The number of anilines is 1. The van der Waals surface area contributed by atoms with Gasteiger partial charge in [-0.05, 0) is 30.3 Å². The third kappa shape index (κ3) is 3.80. The largest absolute Gasteiger partial charge is 0.416 e. The molecule has 0 saturated heterocycles. The SMILES string of the molecule is O=C(Nc1ccc(C(F)(F)F)cc1Cl)c1cnn(-c2ccccc2)n1. The van der Waals surface area contributed by atoms with Crippen molar-refractivity contribution < 1.29 is 18.0 Å². The van der Waals surface area contributed by atoms with Crippen LogP contribution in [0.4, 0.5) is 18.9 Å². The van der Waals surface area contributed by atoms with Crippen molar-refractivity contribution in [2.24, 2.45) is 0 Å². The quantitative estimate of drug-likeness (QED) is 0.756. The molecule has 0 radical (unpaired) electrons. The second-order valence-electron chi connectivity index (χ2n) is 5.00. The van der Waals surface area contributed by atoms with Crippen LogP contribution >= 0.6 is 11.6 Å². The lowest BCUT2D eigenvalue weighted by molar-refractivity contribution is -0.137. The van der Waals surface area contributed by atoms with Crippen LogP contribution in [0.15, 0.2) is 54.7 Å². The third-order valence-corrected chi connectivity index (χ3v) is 3.57. The Kier molecular flexibility index (Phi) is 4.45. The van der Waals surface area contributed by atoms with Crippen LogP contribution in [0.5, 0.6) is 0 Å². The molecule has 1 amide bonds. The predicted octanol–water partition coefficient (Wildman–Crippen LogP) is 4.19. The molecule has 0 aliphatic rings. The number of aromatic nitrogens is 3. The highest BCUT2D eigenvalue weighted by Crippen LogP contribution is 2.33. The van der Waals surface area contributed by atoms with Crippen molar-refractivity contribution in [1.29, 1.82) is 0 Å². The maximum absolute atomic E-state index is 12.6.